The highest BCUT2D eigenvalue weighted by atomic mass is 15.3. The molecule has 1 saturated heterocycles. The highest BCUT2D eigenvalue weighted by molar-refractivity contribution is 5.49. The minimum atomic E-state index is 0.347. The summed E-state index contributed by atoms with van der Waals surface area (Å²) in [6.45, 7) is 14.4. The van der Waals surface area contributed by atoms with Crippen LogP contribution in [-0.2, 0) is 0 Å². The van der Waals surface area contributed by atoms with E-state index >= 15 is 0 Å². The third-order valence-corrected chi connectivity index (χ3v) is 3.82. The van der Waals surface area contributed by atoms with E-state index in [4.69, 9.17) is 4.98 Å². The predicted molar refractivity (Wildman–Crippen MR) is 89.2 cm³/mol. The van der Waals surface area contributed by atoms with Crippen molar-refractivity contribution in [3.63, 3.8) is 0 Å². The second kappa shape index (κ2) is 7.07. The molecule has 2 rings (SSSR count). The summed E-state index contributed by atoms with van der Waals surface area (Å²) in [5.41, 5.74) is 0. The number of anilines is 2. The van der Waals surface area contributed by atoms with Gasteiger partial charge in [-0.05, 0) is 5.92 Å². The van der Waals surface area contributed by atoms with Crippen LogP contribution in [0.2, 0.25) is 0 Å². The SMILES string of the molecule is CNc1cc(N2CCN(CC(C)C)CC2)nc(C(C)C)n1. The molecule has 5 nitrogen and oxygen atoms in total. The molecule has 1 fully saturated rings. The van der Waals surface area contributed by atoms with Crippen molar-refractivity contribution < 1.29 is 0 Å². The molecule has 0 saturated carbocycles. The molecule has 0 aliphatic carbocycles. The fourth-order valence-corrected chi connectivity index (χ4v) is 2.68. The first-order valence-electron chi connectivity index (χ1n) is 8.03. The fourth-order valence-electron chi connectivity index (χ4n) is 2.68. The van der Waals surface area contributed by atoms with Gasteiger partial charge in [0, 0.05) is 51.8 Å². The molecule has 0 amide bonds. The molecule has 1 N–H and O–H groups in total. The Bertz CT molecular complexity index is 450. The fraction of sp³-hybridized carbons (Fsp3) is 0.750. The Morgan fingerprint density at radius 3 is 2.29 bits per heavy atom. The van der Waals surface area contributed by atoms with Gasteiger partial charge in [0.05, 0.1) is 0 Å². The lowest BCUT2D eigenvalue weighted by molar-refractivity contribution is 0.231. The van der Waals surface area contributed by atoms with Crippen LogP contribution in [0.1, 0.15) is 39.4 Å². The Balaban J connectivity index is 2.07. The van der Waals surface area contributed by atoms with Crippen LogP contribution in [0, 0.1) is 5.92 Å². The second-order valence-electron chi connectivity index (χ2n) is 6.56. The van der Waals surface area contributed by atoms with Crippen LogP contribution in [0.3, 0.4) is 0 Å². The Hall–Kier alpha value is -1.36. The van der Waals surface area contributed by atoms with Gasteiger partial charge in [0.25, 0.3) is 0 Å². The summed E-state index contributed by atoms with van der Waals surface area (Å²) in [6.07, 6.45) is 0. The van der Waals surface area contributed by atoms with Gasteiger partial charge < -0.3 is 10.2 Å². The minimum Gasteiger partial charge on any atom is -0.373 e. The zero-order valence-electron chi connectivity index (χ0n) is 14.1. The average molecular weight is 291 g/mol. The molecule has 0 unspecified atom stereocenters. The highest BCUT2D eigenvalue weighted by Crippen LogP contribution is 2.21. The molecular formula is C16H29N5. The average Bonchev–Trinajstić information content (AvgIpc) is 2.46. The summed E-state index contributed by atoms with van der Waals surface area (Å²) >= 11 is 0. The standard InChI is InChI=1S/C16H29N5/c1-12(2)11-20-6-8-21(9-7-20)15-10-14(17-5)18-16(19-15)13(3)4/h10,12-13H,6-9,11H2,1-5H3,(H,17,18,19). The van der Waals surface area contributed by atoms with Crippen molar-refractivity contribution in [3.05, 3.63) is 11.9 Å². The first-order chi connectivity index (χ1) is 9.99. The molecule has 0 aromatic carbocycles. The van der Waals surface area contributed by atoms with E-state index < -0.39 is 0 Å². The van der Waals surface area contributed by atoms with E-state index in [-0.39, 0.29) is 0 Å². The zero-order valence-corrected chi connectivity index (χ0v) is 14.1. The van der Waals surface area contributed by atoms with Gasteiger partial charge in [-0.2, -0.15) is 0 Å². The summed E-state index contributed by atoms with van der Waals surface area (Å²) in [5.74, 6) is 3.97. The van der Waals surface area contributed by atoms with Crippen molar-refractivity contribution >= 4 is 11.6 Å². The van der Waals surface area contributed by atoms with Crippen molar-refractivity contribution in [1.82, 2.24) is 14.9 Å². The van der Waals surface area contributed by atoms with Gasteiger partial charge in [-0.15, -0.1) is 0 Å². The molecule has 1 aliphatic heterocycles. The Labute approximate surface area is 128 Å². The summed E-state index contributed by atoms with van der Waals surface area (Å²) in [4.78, 5) is 14.2. The van der Waals surface area contributed by atoms with Crippen LogP contribution in [0.4, 0.5) is 11.6 Å². The monoisotopic (exact) mass is 291 g/mol. The van der Waals surface area contributed by atoms with E-state index in [9.17, 15) is 0 Å². The smallest absolute Gasteiger partial charge is 0.135 e. The quantitative estimate of drug-likeness (QED) is 0.902. The molecule has 0 bridgehead atoms. The summed E-state index contributed by atoms with van der Waals surface area (Å²) < 4.78 is 0. The maximum atomic E-state index is 4.75. The van der Waals surface area contributed by atoms with Crippen molar-refractivity contribution in [2.75, 3.05) is 50.0 Å². The van der Waals surface area contributed by atoms with Gasteiger partial charge in [-0.25, -0.2) is 9.97 Å². The van der Waals surface area contributed by atoms with Crippen molar-refractivity contribution in [3.8, 4) is 0 Å². The van der Waals surface area contributed by atoms with Gasteiger partial charge in [0.15, 0.2) is 0 Å². The number of rotatable bonds is 5. The third kappa shape index (κ3) is 4.30. The zero-order chi connectivity index (χ0) is 15.4. The number of nitrogens with one attached hydrogen (secondary N) is 1. The minimum absolute atomic E-state index is 0.347. The lowest BCUT2D eigenvalue weighted by atomic mass is 10.2. The van der Waals surface area contributed by atoms with E-state index in [2.05, 4.69) is 53.9 Å². The van der Waals surface area contributed by atoms with Gasteiger partial charge in [0.1, 0.15) is 17.5 Å². The van der Waals surface area contributed by atoms with Crippen LogP contribution in [0.25, 0.3) is 0 Å². The summed E-state index contributed by atoms with van der Waals surface area (Å²) in [7, 11) is 1.91. The Morgan fingerprint density at radius 2 is 1.76 bits per heavy atom. The van der Waals surface area contributed by atoms with Crippen molar-refractivity contribution in [1.29, 1.82) is 0 Å². The maximum Gasteiger partial charge on any atom is 0.135 e. The molecule has 0 atom stereocenters. The first kappa shape index (κ1) is 16.0. The van der Waals surface area contributed by atoms with Crippen LogP contribution >= 0.6 is 0 Å². The van der Waals surface area contributed by atoms with E-state index in [1.54, 1.807) is 0 Å². The molecule has 2 heterocycles. The maximum absolute atomic E-state index is 4.75. The van der Waals surface area contributed by atoms with Crippen molar-refractivity contribution in [2.45, 2.75) is 33.6 Å². The number of hydrogen-bond donors (Lipinski definition) is 1. The molecule has 21 heavy (non-hydrogen) atoms. The summed E-state index contributed by atoms with van der Waals surface area (Å²) in [5, 5.41) is 3.15. The van der Waals surface area contributed by atoms with Gasteiger partial charge >= 0.3 is 0 Å². The third-order valence-electron chi connectivity index (χ3n) is 3.82. The van der Waals surface area contributed by atoms with E-state index in [0.717, 1.165) is 49.6 Å². The van der Waals surface area contributed by atoms with E-state index in [1.165, 1.54) is 6.54 Å². The van der Waals surface area contributed by atoms with Crippen LogP contribution < -0.4 is 10.2 Å². The normalized spacial score (nSPS) is 16.8. The number of nitrogens with zero attached hydrogens (tertiary/aromatic N) is 4. The molecule has 118 valence electrons. The van der Waals surface area contributed by atoms with Crippen molar-refractivity contribution in [2.24, 2.45) is 5.92 Å². The highest BCUT2D eigenvalue weighted by Gasteiger charge is 2.20. The molecule has 1 aromatic heterocycles. The molecule has 0 spiro atoms. The molecule has 5 heteroatoms. The second-order valence-corrected chi connectivity index (χ2v) is 6.56. The lowest BCUT2D eigenvalue weighted by Gasteiger charge is -2.36. The van der Waals surface area contributed by atoms with E-state index in [0.29, 0.717) is 5.92 Å². The van der Waals surface area contributed by atoms with Crippen LogP contribution in [0.15, 0.2) is 6.07 Å². The molecular weight excluding hydrogens is 262 g/mol. The number of aromatic nitrogens is 2. The first-order valence-corrected chi connectivity index (χ1v) is 8.03. The topological polar surface area (TPSA) is 44.3 Å². The summed E-state index contributed by atoms with van der Waals surface area (Å²) in [6, 6.07) is 2.06. The number of piperazine rings is 1. The number of hydrogen-bond acceptors (Lipinski definition) is 5. The van der Waals surface area contributed by atoms with Gasteiger partial charge in [-0.1, -0.05) is 27.7 Å². The van der Waals surface area contributed by atoms with Crippen LogP contribution in [0.5, 0.6) is 0 Å². The Morgan fingerprint density at radius 1 is 1.10 bits per heavy atom. The predicted octanol–water partition coefficient (Wildman–Crippen LogP) is 2.42. The largest absolute Gasteiger partial charge is 0.373 e. The van der Waals surface area contributed by atoms with Gasteiger partial charge in [0.2, 0.25) is 0 Å². The van der Waals surface area contributed by atoms with Crippen LogP contribution in [-0.4, -0.2) is 54.6 Å². The Kier molecular flexibility index (Phi) is 5.39. The molecule has 1 aromatic rings. The molecule has 0 radical (unpaired) electrons. The lowest BCUT2D eigenvalue weighted by Crippen LogP contribution is -2.47. The van der Waals surface area contributed by atoms with E-state index in [1.807, 2.05) is 7.05 Å². The molecule has 1 aliphatic rings. The van der Waals surface area contributed by atoms with Gasteiger partial charge in [-0.3, -0.25) is 4.90 Å².